The van der Waals surface area contributed by atoms with Gasteiger partial charge in [0.25, 0.3) is 6.43 Å². The lowest BCUT2D eigenvalue weighted by atomic mass is 9.88. The quantitative estimate of drug-likeness (QED) is 0.160. The van der Waals surface area contributed by atoms with Gasteiger partial charge < -0.3 is 8.85 Å². The molecule has 20 heteroatoms. The maximum Gasteiger partial charge on any atom is 0.387 e. The Morgan fingerprint density at radius 2 is 0.914 bits per heavy atom. The summed E-state index contributed by atoms with van der Waals surface area (Å²) in [5.41, 5.74) is 0. The van der Waals surface area contributed by atoms with Gasteiger partial charge in [-0.25, -0.2) is 22.0 Å². The Morgan fingerprint density at radius 3 is 1.23 bits per heavy atom. The van der Waals surface area contributed by atoms with Crippen LogP contribution in [0.2, 0.25) is 6.04 Å². The number of hydrogen-bond donors (Lipinski definition) is 0. The molecule has 0 rings (SSSR count). The number of halogens is 17. The molecule has 1 radical (unpaired) electrons. The van der Waals surface area contributed by atoms with Crippen molar-refractivity contribution in [1.29, 1.82) is 0 Å². The maximum absolute atomic E-state index is 13.9. The molecule has 0 aliphatic carbocycles. The summed E-state index contributed by atoms with van der Waals surface area (Å²) in [4.78, 5) is 0. The Hall–Kier alpha value is -1.05. The first-order valence-corrected chi connectivity index (χ1v) is 10.5. The fourth-order valence-corrected chi connectivity index (χ4v) is 3.78. The molecular weight excluding hydrogens is 563 g/mol. The SMILES string of the molecule is CCO[Si](CC(F)C(F)(F)C(F)(F)C(F)(F)C(F)(F)C(F)(F)C(F)(F)C(F)C(F)C(F)F)OCC. The summed E-state index contributed by atoms with van der Waals surface area (Å²) in [6.07, 6.45) is -20.2. The summed E-state index contributed by atoms with van der Waals surface area (Å²) in [6.45, 7) is 1.43. The van der Waals surface area contributed by atoms with E-state index in [0.717, 1.165) is 13.8 Å². The van der Waals surface area contributed by atoms with Gasteiger partial charge in [-0.05, 0) is 13.8 Å². The van der Waals surface area contributed by atoms with Crippen molar-refractivity contribution in [1.82, 2.24) is 0 Å². The average molecular weight is 579 g/mol. The highest BCUT2D eigenvalue weighted by atomic mass is 28.3. The van der Waals surface area contributed by atoms with Crippen molar-refractivity contribution in [3.05, 3.63) is 0 Å². The van der Waals surface area contributed by atoms with Crippen LogP contribution in [0.5, 0.6) is 0 Å². The van der Waals surface area contributed by atoms with Crippen LogP contribution in [0.15, 0.2) is 0 Å². The first-order valence-electron chi connectivity index (χ1n) is 9.01. The van der Waals surface area contributed by atoms with E-state index in [1.54, 1.807) is 0 Å². The van der Waals surface area contributed by atoms with Crippen LogP contribution in [-0.2, 0) is 8.85 Å². The summed E-state index contributed by atoms with van der Waals surface area (Å²) in [5, 5.41) is 0. The van der Waals surface area contributed by atoms with E-state index in [9.17, 15) is 74.6 Å². The third-order valence-corrected chi connectivity index (χ3v) is 6.15. The smallest absolute Gasteiger partial charge is 0.387 e. The minimum Gasteiger partial charge on any atom is -0.394 e. The molecule has 0 spiro atoms. The van der Waals surface area contributed by atoms with E-state index in [4.69, 9.17) is 0 Å². The molecule has 0 aliphatic heterocycles. The summed E-state index contributed by atoms with van der Waals surface area (Å²) >= 11 is 0. The van der Waals surface area contributed by atoms with Gasteiger partial charge in [0.15, 0.2) is 12.3 Å². The third-order valence-electron chi connectivity index (χ3n) is 4.24. The Kier molecular flexibility index (Phi) is 10.8. The molecule has 0 aliphatic rings. The molecule has 0 aromatic rings. The second-order valence-electron chi connectivity index (χ2n) is 6.63. The molecule has 3 atom stereocenters. The van der Waals surface area contributed by atoms with E-state index in [1.165, 1.54) is 0 Å². The van der Waals surface area contributed by atoms with Gasteiger partial charge in [-0.1, -0.05) is 0 Å². The first kappa shape index (κ1) is 33.9. The van der Waals surface area contributed by atoms with Gasteiger partial charge in [0.05, 0.1) is 0 Å². The highest BCUT2D eigenvalue weighted by Crippen LogP contribution is 2.61. The number of rotatable bonds is 15. The molecule has 3 unspecified atom stereocenters. The van der Waals surface area contributed by atoms with Crippen LogP contribution < -0.4 is 0 Å². The zero-order valence-electron chi connectivity index (χ0n) is 17.2. The van der Waals surface area contributed by atoms with E-state index < -0.39 is 89.0 Å². The van der Waals surface area contributed by atoms with Crippen molar-refractivity contribution in [3.63, 3.8) is 0 Å². The van der Waals surface area contributed by atoms with Gasteiger partial charge in [0.1, 0.15) is 0 Å². The highest BCUT2D eigenvalue weighted by Gasteiger charge is 2.91. The zero-order chi connectivity index (χ0) is 28.4. The first-order chi connectivity index (χ1) is 15.4. The Labute approximate surface area is 187 Å². The molecule has 0 saturated heterocycles. The van der Waals surface area contributed by atoms with Crippen molar-refractivity contribution >= 4 is 9.28 Å². The summed E-state index contributed by atoms with van der Waals surface area (Å²) in [6, 6.07) is -1.98. The van der Waals surface area contributed by atoms with Crippen molar-refractivity contribution in [2.75, 3.05) is 13.2 Å². The van der Waals surface area contributed by atoms with Gasteiger partial charge >= 0.3 is 44.8 Å². The standard InChI is InChI=1S/C15H16F17O2Si/c1-3-33-35(34-4-2)5-6(16)10(21,22)12(25,26)14(29,30)15(31,32)13(27,28)11(23,24)8(18)7(17)9(19)20/h6-9H,3-5H2,1-2H3. The molecule has 0 fully saturated rings. The monoisotopic (exact) mass is 579 g/mol. The zero-order valence-corrected chi connectivity index (χ0v) is 18.2. The van der Waals surface area contributed by atoms with Crippen molar-refractivity contribution in [2.24, 2.45) is 0 Å². The van der Waals surface area contributed by atoms with E-state index >= 15 is 0 Å². The van der Waals surface area contributed by atoms with E-state index in [0.29, 0.717) is 0 Å². The topological polar surface area (TPSA) is 18.5 Å². The third kappa shape index (κ3) is 5.77. The molecule has 0 N–H and O–H groups in total. The fourth-order valence-electron chi connectivity index (χ4n) is 2.27. The Morgan fingerprint density at radius 1 is 0.571 bits per heavy atom. The second-order valence-corrected chi connectivity index (χ2v) is 8.36. The van der Waals surface area contributed by atoms with Crippen molar-refractivity contribution in [2.45, 2.75) is 80.4 Å². The molecule has 2 nitrogen and oxygen atoms in total. The largest absolute Gasteiger partial charge is 0.394 e. The molecule has 211 valence electrons. The summed E-state index contributed by atoms with van der Waals surface area (Å²) < 4.78 is 237. The fraction of sp³-hybridized carbons (Fsp3) is 1.00. The minimum atomic E-state index is -8.38. The van der Waals surface area contributed by atoms with Crippen LogP contribution in [0.4, 0.5) is 74.6 Å². The van der Waals surface area contributed by atoms with Gasteiger partial charge in [0.2, 0.25) is 6.17 Å². The van der Waals surface area contributed by atoms with Crippen LogP contribution in [0.25, 0.3) is 0 Å². The molecule has 0 aromatic heterocycles. The van der Waals surface area contributed by atoms with E-state index in [2.05, 4.69) is 8.85 Å². The highest BCUT2D eigenvalue weighted by molar-refractivity contribution is 6.44. The van der Waals surface area contributed by atoms with E-state index in [-0.39, 0.29) is 0 Å². The lowest BCUT2D eigenvalue weighted by molar-refractivity contribution is -0.433. The predicted molar refractivity (Wildman–Crippen MR) is 84.2 cm³/mol. The molecular formula is C15H16F17O2Si. The molecule has 0 aromatic carbocycles. The average Bonchev–Trinajstić information content (AvgIpc) is 2.71. The van der Waals surface area contributed by atoms with Gasteiger partial charge in [-0.2, -0.15) is 52.7 Å². The summed E-state index contributed by atoms with van der Waals surface area (Å²) in [5.74, 6) is -47.3. The maximum atomic E-state index is 13.9. The van der Waals surface area contributed by atoms with Gasteiger partial charge in [-0.3, -0.25) is 0 Å². The lowest BCUT2D eigenvalue weighted by Gasteiger charge is -2.42. The molecule has 0 amide bonds. The van der Waals surface area contributed by atoms with Gasteiger partial charge in [0, 0.05) is 19.3 Å². The van der Waals surface area contributed by atoms with Crippen LogP contribution in [0, 0.1) is 0 Å². The lowest BCUT2D eigenvalue weighted by Crippen LogP contribution is -2.73. The van der Waals surface area contributed by atoms with Crippen LogP contribution >= 0.6 is 0 Å². The van der Waals surface area contributed by atoms with E-state index in [1.807, 2.05) is 0 Å². The van der Waals surface area contributed by atoms with Crippen molar-refractivity contribution < 1.29 is 83.5 Å². The normalized spacial score (nSPS) is 17.7. The van der Waals surface area contributed by atoms with Crippen LogP contribution in [0.3, 0.4) is 0 Å². The Balaban J connectivity index is 6.42. The predicted octanol–water partition coefficient (Wildman–Crippen LogP) is 6.64. The number of alkyl halides is 17. The van der Waals surface area contributed by atoms with Gasteiger partial charge in [-0.15, -0.1) is 0 Å². The molecule has 35 heavy (non-hydrogen) atoms. The molecule has 0 heterocycles. The summed E-state index contributed by atoms with van der Waals surface area (Å²) in [7, 11) is -3.30. The molecule has 0 saturated carbocycles. The Bertz CT molecular complexity index is 668. The van der Waals surface area contributed by atoms with Crippen LogP contribution in [-0.4, -0.2) is 83.0 Å². The second kappa shape index (κ2) is 11.1. The minimum absolute atomic E-state index is 0.433. The van der Waals surface area contributed by atoms with Crippen molar-refractivity contribution in [3.8, 4) is 0 Å². The molecule has 0 bridgehead atoms. The number of hydrogen-bond acceptors (Lipinski definition) is 2. The van der Waals surface area contributed by atoms with Crippen LogP contribution in [0.1, 0.15) is 13.8 Å².